The van der Waals surface area contributed by atoms with Gasteiger partial charge in [-0.3, -0.25) is 0 Å². The highest BCUT2D eigenvalue weighted by atomic mass is 79.9. The molecule has 4 heteroatoms. The van der Waals surface area contributed by atoms with Crippen molar-refractivity contribution in [3.8, 4) is 17.1 Å². The summed E-state index contributed by atoms with van der Waals surface area (Å²) >= 11 is 3.50. The third-order valence-corrected chi connectivity index (χ3v) is 3.49. The van der Waals surface area contributed by atoms with Crippen LogP contribution in [0, 0.1) is 0 Å². The number of benzene rings is 2. The molecule has 3 nitrogen and oxygen atoms in total. The highest BCUT2D eigenvalue weighted by Crippen LogP contribution is 2.27. The Morgan fingerprint density at radius 1 is 1.00 bits per heavy atom. The molecule has 0 amide bonds. The lowest BCUT2D eigenvalue weighted by Gasteiger charge is -2.06. The summed E-state index contributed by atoms with van der Waals surface area (Å²) in [6, 6.07) is 15.7. The van der Waals surface area contributed by atoms with Gasteiger partial charge in [0.1, 0.15) is 10.4 Å². The average Bonchev–Trinajstić information content (AvgIpc) is 2.48. The van der Waals surface area contributed by atoms with E-state index in [0.29, 0.717) is 5.82 Å². The lowest BCUT2D eigenvalue weighted by molar-refractivity contribution is 0.415. The number of halogens is 1. The molecule has 0 bridgehead atoms. The molecule has 0 radical (unpaired) electrons. The molecular weight excluding hydrogens is 304 g/mol. The monoisotopic (exact) mass is 314 g/mol. The van der Waals surface area contributed by atoms with Crippen LogP contribution in [0.2, 0.25) is 0 Å². The summed E-state index contributed by atoms with van der Waals surface area (Å²) in [5.74, 6) is 1.51. The third-order valence-electron chi connectivity index (χ3n) is 2.89. The predicted octanol–water partition coefficient (Wildman–Crippen LogP) is 4.07. The maximum absolute atomic E-state index is 5.22. The van der Waals surface area contributed by atoms with Crippen LogP contribution in [0.5, 0.6) is 5.75 Å². The number of fused-ring (bicyclic) bond motifs is 1. The topological polar surface area (TPSA) is 35.0 Å². The van der Waals surface area contributed by atoms with E-state index in [9.17, 15) is 0 Å². The summed E-state index contributed by atoms with van der Waals surface area (Å²) in [7, 11) is 1.65. The smallest absolute Gasteiger partial charge is 0.161 e. The largest absolute Gasteiger partial charge is 0.497 e. The standard InChI is InChI=1S/C15H11BrN2O/c1-19-11-7-8-13-12(9-11)14(16)18-15(17-13)10-5-3-2-4-6-10/h2-9H,1H3. The van der Waals surface area contributed by atoms with Gasteiger partial charge >= 0.3 is 0 Å². The molecule has 3 rings (SSSR count). The number of aromatic nitrogens is 2. The second-order valence-corrected chi connectivity index (χ2v) is 4.84. The average molecular weight is 315 g/mol. The summed E-state index contributed by atoms with van der Waals surface area (Å²) in [4.78, 5) is 9.08. The van der Waals surface area contributed by atoms with Crippen LogP contribution < -0.4 is 4.74 Å². The van der Waals surface area contributed by atoms with Gasteiger partial charge in [0.15, 0.2) is 5.82 Å². The van der Waals surface area contributed by atoms with Crippen molar-refractivity contribution < 1.29 is 4.74 Å². The van der Waals surface area contributed by atoms with Gasteiger partial charge in [0.2, 0.25) is 0 Å². The van der Waals surface area contributed by atoms with Crippen LogP contribution in [0.3, 0.4) is 0 Å². The number of hydrogen-bond acceptors (Lipinski definition) is 3. The number of nitrogens with zero attached hydrogens (tertiary/aromatic N) is 2. The van der Waals surface area contributed by atoms with Crippen molar-refractivity contribution in [2.75, 3.05) is 7.11 Å². The van der Waals surface area contributed by atoms with Crippen LogP contribution in [-0.4, -0.2) is 17.1 Å². The molecule has 1 heterocycles. The van der Waals surface area contributed by atoms with Gasteiger partial charge in [-0.1, -0.05) is 30.3 Å². The summed E-state index contributed by atoms with van der Waals surface area (Å²) in [5, 5.41) is 0.944. The molecule has 0 saturated carbocycles. The van der Waals surface area contributed by atoms with E-state index < -0.39 is 0 Å². The molecule has 0 saturated heterocycles. The molecule has 1 aromatic heterocycles. The molecule has 3 aromatic rings. The predicted molar refractivity (Wildman–Crippen MR) is 79.2 cm³/mol. The fourth-order valence-electron chi connectivity index (χ4n) is 1.91. The van der Waals surface area contributed by atoms with Gasteiger partial charge in [0, 0.05) is 10.9 Å². The van der Waals surface area contributed by atoms with Gasteiger partial charge in [0.05, 0.1) is 12.6 Å². The second-order valence-electron chi connectivity index (χ2n) is 4.09. The Morgan fingerprint density at radius 2 is 1.79 bits per heavy atom. The van der Waals surface area contributed by atoms with Gasteiger partial charge in [0.25, 0.3) is 0 Å². The highest BCUT2D eigenvalue weighted by Gasteiger charge is 2.08. The number of rotatable bonds is 2. The minimum atomic E-state index is 0.713. The Kier molecular flexibility index (Phi) is 3.17. The van der Waals surface area contributed by atoms with Gasteiger partial charge in [-0.15, -0.1) is 0 Å². The fraction of sp³-hybridized carbons (Fsp3) is 0.0667. The second kappa shape index (κ2) is 4.97. The zero-order valence-electron chi connectivity index (χ0n) is 10.3. The third kappa shape index (κ3) is 2.31. The lowest BCUT2D eigenvalue weighted by Crippen LogP contribution is -1.92. The molecule has 0 aliphatic heterocycles. The van der Waals surface area contributed by atoms with E-state index in [4.69, 9.17) is 4.74 Å². The Hall–Kier alpha value is -1.94. The van der Waals surface area contributed by atoms with Crippen LogP contribution >= 0.6 is 15.9 Å². The van der Waals surface area contributed by atoms with E-state index in [1.807, 2.05) is 48.5 Å². The number of ether oxygens (including phenoxy) is 1. The van der Waals surface area contributed by atoms with Crippen LogP contribution in [0.15, 0.2) is 53.1 Å². The van der Waals surface area contributed by atoms with Gasteiger partial charge in [-0.25, -0.2) is 9.97 Å². The molecule has 0 aliphatic carbocycles. The molecule has 2 aromatic carbocycles. The SMILES string of the molecule is COc1ccc2nc(-c3ccccc3)nc(Br)c2c1. The first-order chi connectivity index (χ1) is 9.28. The van der Waals surface area contributed by atoms with Crippen molar-refractivity contribution in [1.29, 1.82) is 0 Å². The normalized spacial score (nSPS) is 10.6. The molecule has 0 N–H and O–H groups in total. The van der Waals surface area contributed by atoms with Gasteiger partial charge in [-0.05, 0) is 34.1 Å². The Labute approximate surface area is 119 Å². The van der Waals surface area contributed by atoms with E-state index in [1.165, 1.54) is 0 Å². The highest BCUT2D eigenvalue weighted by molar-refractivity contribution is 9.10. The summed E-state index contributed by atoms with van der Waals surface area (Å²) < 4.78 is 5.99. The van der Waals surface area contributed by atoms with Crippen LogP contribution in [0.1, 0.15) is 0 Å². The maximum Gasteiger partial charge on any atom is 0.161 e. The quantitative estimate of drug-likeness (QED) is 0.669. The van der Waals surface area contributed by atoms with E-state index in [1.54, 1.807) is 7.11 Å². The van der Waals surface area contributed by atoms with Crippen LogP contribution in [-0.2, 0) is 0 Å². The fourth-order valence-corrected chi connectivity index (χ4v) is 2.40. The van der Waals surface area contributed by atoms with E-state index in [0.717, 1.165) is 26.8 Å². The maximum atomic E-state index is 5.22. The van der Waals surface area contributed by atoms with Gasteiger partial charge < -0.3 is 4.74 Å². The summed E-state index contributed by atoms with van der Waals surface area (Å²) in [5.41, 5.74) is 1.89. The van der Waals surface area contributed by atoms with Crippen molar-refractivity contribution >= 4 is 26.8 Å². The first kappa shape index (κ1) is 12.1. The van der Waals surface area contributed by atoms with E-state index >= 15 is 0 Å². The molecule has 0 aliphatic rings. The van der Waals surface area contributed by atoms with Crippen molar-refractivity contribution in [3.63, 3.8) is 0 Å². The molecule has 19 heavy (non-hydrogen) atoms. The molecule has 94 valence electrons. The Balaban J connectivity index is 2.20. The van der Waals surface area contributed by atoms with Crippen molar-refractivity contribution in [2.24, 2.45) is 0 Å². The van der Waals surface area contributed by atoms with E-state index in [-0.39, 0.29) is 0 Å². The zero-order chi connectivity index (χ0) is 13.2. The Morgan fingerprint density at radius 3 is 2.53 bits per heavy atom. The van der Waals surface area contributed by atoms with Crippen molar-refractivity contribution in [2.45, 2.75) is 0 Å². The molecule has 0 unspecified atom stereocenters. The lowest BCUT2D eigenvalue weighted by atomic mass is 10.2. The molecule has 0 spiro atoms. The molecule has 0 atom stereocenters. The number of hydrogen-bond donors (Lipinski definition) is 0. The summed E-state index contributed by atoms with van der Waals surface area (Å²) in [6.45, 7) is 0. The van der Waals surface area contributed by atoms with Crippen LogP contribution in [0.25, 0.3) is 22.3 Å². The molecular formula is C15H11BrN2O. The minimum Gasteiger partial charge on any atom is -0.497 e. The van der Waals surface area contributed by atoms with Gasteiger partial charge in [-0.2, -0.15) is 0 Å². The Bertz CT molecular complexity index is 729. The van der Waals surface area contributed by atoms with Crippen molar-refractivity contribution in [1.82, 2.24) is 9.97 Å². The van der Waals surface area contributed by atoms with Crippen molar-refractivity contribution in [3.05, 3.63) is 53.1 Å². The van der Waals surface area contributed by atoms with Crippen LogP contribution in [0.4, 0.5) is 0 Å². The minimum absolute atomic E-state index is 0.713. The summed E-state index contributed by atoms with van der Waals surface area (Å²) in [6.07, 6.45) is 0. The number of methoxy groups -OCH3 is 1. The first-order valence-corrected chi connectivity index (χ1v) is 6.64. The molecule has 0 fully saturated rings. The van der Waals surface area contributed by atoms with E-state index in [2.05, 4.69) is 25.9 Å². The zero-order valence-corrected chi connectivity index (χ0v) is 11.9. The first-order valence-electron chi connectivity index (χ1n) is 5.84.